The van der Waals surface area contributed by atoms with E-state index in [1.165, 1.54) is 10.4 Å². The average Bonchev–Trinajstić information content (AvgIpc) is 3.14. The molecule has 0 saturated heterocycles. The first-order valence-corrected chi connectivity index (χ1v) is 9.80. The van der Waals surface area contributed by atoms with Crippen LogP contribution in [0.3, 0.4) is 0 Å². The summed E-state index contributed by atoms with van der Waals surface area (Å²) in [6.45, 7) is 6.67. The van der Waals surface area contributed by atoms with Gasteiger partial charge in [-0.05, 0) is 30.7 Å². The first-order valence-electron chi connectivity index (χ1n) is 7.14. The van der Waals surface area contributed by atoms with Crippen LogP contribution in [0.25, 0.3) is 11.4 Å². The van der Waals surface area contributed by atoms with Gasteiger partial charge in [-0.3, -0.25) is 4.57 Å². The van der Waals surface area contributed by atoms with Crippen LogP contribution in [0.15, 0.2) is 58.0 Å². The minimum atomic E-state index is 0.708. The molecule has 0 radical (unpaired) electrons. The fourth-order valence-corrected chi connectivity index (χ4v) is 4.04. The molecule has 3 aromatic rings. The largest absolute Gasteiger partial charge is 0.298 e. The van der Waals surface area contributed by atoms with Gasteiger partial charge in [0, 0.05) is 32.6 Å². The lowest BCUT2D eigenvalue weighted by atomic mass is 10.2. The van der Waals surface area contributed by atoms with Crippen LogP contribution in [-0.2, 0) is 12.3 Å². The molecular formula is C17H16BrN3S2. The van der Waals surface area contributed by atoms with E-state index in [1.807, 2.05) is 6.08 Å². The van der Waals surface area contributed by atoms with E-state index in [0.29, 0.717) is 6.54 Å². The van der Waals surface area contributed by atoms with E-state index < -0.39 is 0 Å². The van der Waals surface area contributed by atoms with Crippen molar-refractivity contribution in [3.63, 3.8) is 0 Å². The Balaban J connectivity index is 1.82. The van der Waals surface area contributed by atoms with E-state index >= 15 is 0 Å². The van der Waals surface area contributed by atoms with Gasteiger partial charge in [0.05, 0.1) is 0 Å². The Kier molecular flexibility index (Phi) is 5.35. The minimum Gasteiger partial charge on any atom is -0.298 e. The van der Waals surface area contributed by atoms with Gasteiger partial charge in [0.1, 0.15) is 0 Å². The predicted octanol–water partition coefficient (Wildman–Crippen LogP) is 5.56. The molecule has 118 valence electrons. The van der Waals surface area contributed by atoms with Crippen molar-refractivity contribution in [3.8, 4) is 11.4 Å². The zero-order valence-electron chi connectivity index (χ0n) is 12.7. The van der Waals surface area contributed by atoms with Crippen LogP contribution in [0.5, 0.6) is 0 Å². The summed E-state index contributed by atoms with van der Waals surface area (Å²) in [5.74, 6) is 1.78. The highest BCUT2D eigenvalue weighted by Crippen LogP contribution is 2.29. The Morgan fingerprint density at radius 3 is 2.74 bits per heavy atom. The second kappa shape index (κ2) is 7.47. The number of rotatable bonds is 6. The van der Waals surface area contributed by atoms with Crippen molar-refractivity contribution in [1.82, 2.24) is 14.8 Å². The van der Waals surface area contributed by atoms with Crippen molar-refractivity contribution >= 4 is 39.0 Å². The van der Waals surface area contributed by atoms with Gasteiger partial charge in [-0.15, -0.1) is 28.1 Å². The molecule has 0 N–H and O–H groups in total. The number of thioether (sulfide) groups is 1. The summed E-state index contributed by atoms with van der Waals surface area (Å²) in [5.41, 5.74) is 2.39. The van der Waals surface area contributed by atoms with Gasteiger partial charge in [-0.2, -0.15) is 0 Å². The number of hydrogen-bond acceptors (Lipinski definition) is 4. The molecule has 6 heteroatoms. The van der Waals surface area contributed by atoms with Gasteiger partial charge >= 0.3 is 0 Å². The van der Waals surface area contributed by atoms with Crippen molar-refractivity contribution in [2.24, 2.45) is 0 Å². The Labute approximate surface area is 152 Å². The molecule has 0 bridgehead atoms. The molecule has 0 saturated carbocycles. The van der Waals surface area contributed by atoms with Crippen LogP contribution < -0.4 is 0 Å². The zero-order chi connectivity index (χ0) is 16.2. The number of aromatic nitrogens is 3. The predicted molar refractivity (Wildman–Crippen MR) is 102 cm³/mol. The summed E-state index contributed by atoms with van der Waals surface area (Å²) in [4.78, 5) is 1.28. The third kappa shape index (κ3) is 3.94. The first-order chi connectivity index (χ1) is 11.2. The molecule has 2 aromatic heterocycles. The second-order valence-electron chi connectivity index (χ2n) is 5.07. The maximum atomic E-state index is 4.39. The lowest BCUT2D eigenvalue weighted by Gasteiger charge is -2.07. The van der Waals surface area contributed by atoms with Crippen LogP contribution in [0.4, 0.5) is 0 Å². The molecular weight excluding hydrogens is 390 g/mol. The smallest absolute Gasteiger partial charge is 0.192 e. The molecule has 3 nitrogen and oxygen atoms in total. The Morgan fingerprint density at radius 2 is 2.09 bits per heavy atom. The van der Waals surface area contributed by atoms with Gasteiger partial charge < -0.3 is 0 Å². The van der Waals surface area contributed by atoms with Gasteiger partial charge in [0.15, 0.2) is 11.0 Å². The zero-order valence-corrected chi connectivity index (χ0v) is 15.9. The molecule has 0 amide bonds. The molecule has 0 aliphatic carbocycles. The van der Waals surface area contributed by atoms with Gasteiger partial charge in [-0.1, -0.05) is 45.9 Å². The Morgan fingerprint density at radius 1 is 1.30 bits per heavy atom. The number of allylic oxidation sites excluding steroid dienone is 1. The summed E-state index contributed by atoms with van der Waals surface area (Å²) in [6, 6.07) is 10.5. The number of benzene rings is 1. The van der Waals surface area contributed by atoms with E-state index in [1.54, 1.807) is 23.1 Å². The second-order valence-corrected chi connectivity index (χ2v) is 8.04. The molecule has 0 aliphatic rings. The number of thiophene rings is 1. The van der Waals surface area contributed by atoms with E-state index in [4.69, 9.17) is 0 Å². The van der Waals surface area contributed by atoms with Crippen molar-refractivity contribution < 1.29 is 0 Å². The summed E-state index contributed by atoms with van der Waals surface area (Å²) in [6.07, 6.45) is 1.88. The molecule has 1 aromatic carbocycles. The highest BCUT2D eigenvalue weighted by molar-refractivity contribution is 9.10. The fourth-order valence-electron chi connectivity index (χ4n) is 2.19. The maximum absolute atomic E-state index is 4.39. The van der Waals surface area contributed by atoms with Crippen molar-refractivity contribution in [2.45, 2.75) is 24.4 Å². The van der Waals surface area contributed by atoms with E-state index in [0.717, 1.165) is 26.8 Å². The average molecular weight is 406 g/mol. The van der Waals surface area contributed by atoms with Gasteiger partial charge in [0.2, 0.25) is 0 Å². The fraction of sp³-hybridized carbons (Fsp3) is 0.176. The quantitative estimate of drug-likeness (QED) is 0.397. The third-order valence-corrected chi connectivity index (χ3v) is 5.73. The summed E-state index contributed by atoms with van der Waals surface area (Å²) in [5, 5.41) is 11.8. The molecule has 0 fully saturated rings. The van der Waals surface area contributed by atoms with Crippen LogP contribution >= 0.6 is 39.0 Å². The molecule has 23 heavy (non-hydrogen) atoms. The minimum absolute atomic E-state index is 0.708. The molecule has 3 rings (SSSR count). The van der Waals surface area contributed by atoms with E-state index in [9.17, 15) is 0 Å². The van der Waals surface area contributed by atoms with Crippen LogP contribution in [0.2, 0.25) is 0 Å². The van der Waals surface area contributed by atoms with Crippen LogP contribution in [0, 0.1) is 6.92 Å². The summed E-state index contributed by atoms with van der Waals surface area (Å²) in [7, 11) is 0. The van der Waals surface area contributed by atoms with Gasteiger partial charge in [0.25, 0.3) is 0 Å². The summed E-state index contributed by atoms with van der Waals surface area (Å²) < 4.78 is 3.22. The molecule has 0 spiro atoms. The molecule has 0 unspecified atom stereocenters. The standard InChI is InChI=1S/C17H16BrN3S2/c1-3-8-21-16(14-9-12(2)22-11-14)19-20-17(21)23-10-13-4-6-15(18)7-5-13/h3-7,9,11H,1,8,10H2,2H3. The lowest BCUT2D eigenvalue weighted by molar-refractivity contribution is 0.731. The number of aryl methyl sites for hydroxylation is 1. The SMILES string of the molecule is C=CCn1c(SCc2ccc(Br)cc2)nnc1-c1csc(C)c1. The third-order valence-electron chi connectivity index (χ3n) is 3.30. The van der Waals surface area contributed by atoms with E-state index in [-0.39, 0.29) is 0 Å². The molecule has 2 heterocycles. The lowest BCUT2D eigenvalue weighted by Crippen LogP contribution is -2.00. The highest BCUT2D eigenvalue weighted by Gasteiger charge is 2.14. The molecule has 0 atom stereocenters. The normalized spacial score (nSPS) is 10.9. The van der Waals surface area contributed by atoms with Gasteiger partial charge in [-0.25, -0.2) is 0 Å². The monoisotopic (exact) mass is 405 g/mol. The summed E-state index contributed by atoms with van der Waals surface area (Å²) >= 11 is 6.89. The maximum Gasteiger partial charge on any atom is 0.192 e. The number of hydrogen-bond donors (Lipinski definition) is 0. The van der Waals surface area contributed by atoms with Crippen molar-refractivity contribution in [2.75, 3.05) is 0 Å². The Hall–Kier alpha value is -1.37. The number of halogens is 1. The Bertz CT molecular complexity index is 806. The topological polar surface area (TPSA) is 30.7 Å². The first kappa shape index (κ1) is 16.5. The van der Waals surface area contributed by atoms with E-state index in [2.05, 4.69) is 79.9 Å². The van der Waals surface area contributed by atoms with Crippen LogP contribution in [0.1, 0.15) is 10.4 Å². The van der Waals surface area contributed by atoms with Crippen LogP contribution in [-0.4, -0.2) is 14.8 Å². The van der Waals surface area contributed by atoms with Crippen molar-refractivity contribution in [3.05, 3.63) is 63.3 Å². The highest BCUT2D eigenvalue weighted by atomic mass is 79.9. The van der Waals surface area contributed by atoms with Crippen molar-refractivity contribution in [1.29, 1.82) is 0 Å². The molecule has 0 aliphatic heterocycles. The number of nitrogens with zero attached hydrogens (tertiary/aromatic N) is 3.